The van der Waals surface area contributed by atoms with Gasteiger partial charge in [0.2, 0.25) is 0 Å². The average molecular weight is 385 g/mol. The zero-order valence-electron chi connectivity index (χ0n) is 15.7. The molecule has 140 valence electrons. The summed E-state index contributed by atoms with van der Waals surface area (Å²) in [6.07, 6.45) is 0. The monoisotopic (exact) mass is 384 g/mol. The van der Waals surface area contributed by atoms with Gasteiger partial charge in [0.15, 0.2) is 5.78 Å². The molecule has 0 aliphatic carbocycles. The fourth-order valence-corrected chi connectivity index (χ4v) is 3.70. The molecule has 2 aromatic rings. The molecule has 1 aliphatic rings. The number of nitrogens with zero attached hydrogens (tertiary/aromatic N) is 1. The summed E-state index contributed by atoms with van der Waals surface area (Å²) >= 11 is 6.22. The van der Waals surface area contributed by atoms with Crippen LogP contribution in [0.15, 0.2) is 36.4 Å². The lowest BCUT2D eigenvalue weighted by atomic mass is 9.92. The van der Waals surface area contributed by atoms with Crippen LogP contribution in [-0.2, 0) is 10.3 Å². The molecule has 0 aromatic heterocycles. The van der Waals surface area contributed by atoms with Crippen molar-refractivity contribution >= 4 is 29.3 Å². The topological polar surface area (TPSA) is 66.5 Å². The molecule has 0 bridgehead atoms. The maximum Gasteiger partial charge on any atom is 0.325 e. The highest BCUT2D eigenvalue weighted by molar-refractivity contribution is 6.32. The second-order valence-electron chi connectivity index (χ2n) is 7.10. The van der Waals surface area contributed by atoms with Gasteiger partial charge >= 0.3 is 6.03 Å². The Morgan fingerprint density at radius 1 is 1.07 bits per heavy atom. The van der Waals surface area contributed by atoms with Crippen LogP contribution in [0, 0.1) is 20.8 Å². The first-order chi connectivity index (χ1) is 12.6. The van der Waals surface area contributed by atoms with Crippen LogP contribution in [0.4, 0.5) is 4.79 Å². The van der Waals surface area contributed by atoms with Crippen molar-refractivity contribution in [2.75, 3.05) is 6.54 Å². The van der Waals surface area contributed by atoms with Crippen molar-refractivity contribution < 1.29 is 14.4 Å². The molecular formula is C21H21ClN2O3. The Balaban J connectivity index is 1.90. The van der Waals surface area contributed by atoms with Gasteiger partial charge in [-0.05, 0) is 56.5 Å². The molecule has 2 aromatic carbocycles. The fourth-order valence-electron chi connectivity index (χ4n) is 3.38. The number of ketones is 1. The summed E-state index contributed by atoms with van der Waals surface area (Å²) in [5.74, 6) is -0.766. The normalized spacial score (nSPS) is 19.4. The number of hydrogen-bond acceptors (Lipinski definition) is 3. The van der Waals surface area contributed by atoms with Gasteiger partial charge in [0.1, 0.15) is 5.54 Å². The maximum atomic E-state index is 13.0. The number of amides is 3. The minimum Gasteiger partial charge on any atom is -0.319 e. The van der Waals surface area contributed by atoms with E-state index in [1.165, 1.54) is 0 Å². The number of carbonyl (C=O) groups is 3. The van der Waals surface area contributed by atoms with Gasteiger partial charge in [-0.15, -0.1) is 0 Å². The molecule has 5 nitrogen and oxygen atoms in total. The van der Waals surface area contributed by atoms with Gasteiger partial charge in [0.25, 0.3) is 5.91 Å². The number of nitrogens with one attached hydrogen (secondary N) is 1. The second kappa shape index (κ2) is 6.82. The lowest BCUT2D eigenvalue weighted by Crippen LogP contribution is -2.41. The lowest BCUT2D eigenvalue weighted by molar-refractivity contribution is -0.130. The van der Waals surface area contributed by atoms with Crippen molar-refractivity contribution in [2.24, 2.45) is 0 Å². The summed E-state index contributed by atoms with van der Waals surface area (Å²) in [4.78, 5) is 39.2. The number of benzene rings is 2. The molecule has 6 heteroatoms. The third-order valence-electron chi connectivity index (χ3n) is 5.13. The molecule has 0 spiro atoms. The minimum absolute atomic E-state index is 0.275. The Morgan fingerprint density at radius 2 is 1.70 bits per heavy atom. The number of hydrogen-bond donors (Lipinski definition) is 1. The van der Waals surface area contributed by atoms with E-state index in [1.54, 1.807) is 37.3 Å². The first-order valence-electron chi connectivity index (χ1n) is 8.65. The molecule has 1 heterocycles. The smallest absolute Gasteiger partial charge is 0.319 e. The molecule has 0 radical (unpaired) electrons. The van der Waals surface area contributed by atoms with Crippen LogP contribution in [0.2, 0.25) is 5.02 Å². The molecule has 1 fully saturated rings. The highest BCUT2D eigenvalue weighted by Crippen LogP contribution is 2.33. The summed E-state index contributed by atoms with van der Waals surface area (Å²) < 4.78 is 0. The molecule has 0 unspecified atom stereocenters. The number of imide groups is 1. The molecule has 1 atom stereocenters. The fraction of sp³-hybridized carbons (Fsp3) is 0.286. The van der Waals surface area contributed by atoms with Gasteiger partial charge in [-0.1, -0.05) is 35.9 Å². The van der Waals surface area contributed by atoms with E-state index in [0.29, 0.717) is 16.1 Å². The standard InChI is InChI=1S/C21H21ClN2O3/c1-12-9-14(3)15(10-13(12)2)18(25)11-24-19(26)21(4,23-20(24)27)16-7-5-6-8-17(16)22/h5-10H,11H2,1-4H3,(H,23,27)/t21-/m0/s1. The summed E-state index contributed by atoms with van der Waals surface area (Å²) in [5.41, 5.74) is 2.62. The zero-order valence-corrected chi connectivity index (χ0v) is 16.5. The number of halogens is 1. The van der Waals surface area contributed by atoms with Crippen LogP contribution in [0.25, 0.3) is 0 Å². The third kappa shape index (κ3) is 3.23. The first-order valence-corrected chi connectivity index (χ1v) is 9.03. The molecule has 3 amide bonds. The summed E-state index contributed by atoms with van der Waals surface area (Å²) in [6, 6.07) is 9.99. The van der Waals surface area contributed by atoms with E-state index in [2.05, 4.69) is 5.32 Å². The van der Waals surface area contributed by atoms with Gasteiger partial charge in [-0.25, -0.2) is 4.79 Å². The van der Waals surface area contributed by atoms with Gasteiger partial charge in [-0.2, -0.15) is 0 Å². The number of carbonyl (C=O) groups excluding carboxylic acids is 3. The van der Waals surface area contributed by atoms with Crippen molar-refractivity contribution in [1.29, 1.82) is 0 Å². The predicted molar refractivity (Wildman–Crippen MR) is 104 cm³/mol. The van der Waals surface area contributed by atoms with Crippen LogP contribution >= 0.6 is 11.6 Å². The molecule has 1 N–H and O–H groups in total. The molecule has 1 saturated heterocycles. The van der Waals surface area contributed by atoms with Crippen LogP contribution in [0.5, 0.6) is 0 Å². The first kappa shape index (κ1) is 19.1. The Bertz CT molecular complexity index is 970. The van der Waals surface area contributed by atoms with Crippen molar-refractivity contribution in [2.45, 2.75) is 33.2 Å². The predicted octanol–water partition coefficient (Wildman–Crippen LogP) is 3.92. The van der Waals surface area contributed by atoms with E-state index in [-0.39, 0.29) is 12.3 Å². The van der Waals surface area contributed by atoms with E-state index in [4.69, 9.17) is 11.6 Å². The molecule has 27 heavy (non-hydrogen) atoms. The van der Waals surface area contributed by atoms with Crippen molar-refractivity contribution in [1.82, 2.24) is 10.2 Å². The second-order valence-corrected chi connectivity index (χ2v) is 7.51. The van der Waals surface area contributed by atoms with Crippen molar-refractivity contribution in [3.05, 3.63) is 69.2 Å². The Morgan fingerprint density at radius 3 is 2.37 bits per heavy atom. The van der Waals surface area contributed by atoms with Crippen LogP contribution in [0.3, 0.4) is 0 Å². The van der Waals surface area contributed by atoms with Crippen molar-refractivity contribution in [3.63, 3.8) is 0 Å². The van der Waals surface area contributed by atoms with E-state index in [0.717, 1.165) is 21.6 Å². The van der Waals surface area contributed by atoms with Gasteiger partial charge in [0, 0.05) is 16.1 Å². The maximum absolute atomic E-state index is 13.0. The highest BCUT2D eigenvalue weighted by atomic mass is 35.5. The van der Waals surface area contributed by atoms with Gasteiger partial charge in [-0.3, -0.25) is 14.5 Å². The average Bonchev–Trinajstić information content (AvgIpc) is 2.82. The van der Waals surface area contributed by atoms with Crippen LogP contribution < -0.4 is 5.32 Å². The van der Waals surface area contributed by atoms with E-state index >= 15 is 0 Å². The lowest BCUT2D eigenvalue weighted by Gasteiger charge is -2.23. The minimum atomic E-state index is -1.30. The largest absolute Gasteiger partial charge is 0.325 e. The third-order valence-corrected chi connectivity index (χ3v) is 5.46. The van der Waals surface area contributed by atoms with E-state index in [9.17, 15) is 14.4 Å². The Hall–Kier alpha value is -2.66. The zero-order chi connectivity index (χ0) is 19.9. The number of urea groups is 1. The summed E-state index contributed by atoms with van der Waals surface area (Å²) in [5, 5.41) is 3.06. The van der Waals surface area contributed by atoms with E-state index in [1.807, 2.05) is 26.8 Å². The molecule has 3 rings (SSSR count). The van der Waals surface area contributed by atoms with Crippen molar-refractivity contribution in [3.8, 4) is 0 Å². The van der Waals surface area contributed by atoms with Gasteiger partial charge in [0.05, 0.1) is 6.54 Å². The number of rotatable bonds is 4. The van der Waals surface area contributed by atoms with Crippen LogP contribution in [0.1, 0.15) is 39.5 Å². The molecule has 0 saturated carbocycles. The van der Waals surface area contributed by atoms with Crippen LogP contribution in [-0.4, -0.2) is 29.2 Å². The van der Waals surface area contributed by atoms with Gasteiger partial charge < -0.3 is 5.32 Å². The Labute approximate surface area is 163 Å². The van der Waals surface area contributed by atoms with E-state index < -0.39 is 17.5 Å². The quantitative estimate of drug-likeness (QED) is 0.641. The summed E-state index contributed by atoms with van der Waals surface area (Å²) in [7, 11) is 0. The molecular weight excluding hydrogens is 364 g/mol. The number of aryl methyl sites for hydroxylation is 3. The Kier molecular flexibility index (Phi) is 4.82. The molecule has 1 aliphatic heterocycles. The number of Topliss-reactive ketones (excluding diaryl/α,β-unsaturated/α-hetero) is 1. The SMILES string of the molecule is Cc1cc(C)c(C(=O)CN2C(=O)N[C@@](C)(c3ccccc3Cl)C2=O)cc1C. The summed E-state index contributed by atoms with van der Waals surface area (Å²) in [6.45, 7) is 7.03. The highest BCUT2D eigenvalue weighted by Gasteiger charge is 2.50.